The fraction of sp³-hybridized carbons (Fsp3) is 0.700. The lowest BCUT2D eigenvalue weighted by Crippen LogP contribution is -2.53. The largest absolute Gasteiger partial charge is 0.298 e. The number of carbonyl (C=O) groups is 1. The molecule has 2 heteroatoms. The van der Waals surface area contributed by atoms with Crippen molar-refractivity contribution in [3.8, 4) is 0 Å². The quantitative estimate of drug-likeness (QED) is 0.582. The van der Waals surface area contributed by atoms with Crippen molar-refractivity contribution in [2.24, 2.45) is 0 Å². The Morgan fingerprint density at radius 1 is 1.67 bits per heavy atom. The molecule has 0 unspecified atom stereocenters. The Bertz CT molecular complexity index is 196. The predicted octanol–water partition coefficient (Wildman–Crippen LogP) is 1.62. The van der Waals surface area contributed by atoms with E-state index in [-0.39, 0.29) is 5.54 Å². The van der Waals surface area contributed by atoms with Gasteiger partial charge in [0.2, 0.25) is 0 Å². The van der Waals surface area contributed by atoms with Crippen LogP contribution in [0.3, 0.4) is 0 Å². The summed E-state index contributed by atoms with van der Waals surface area (Å²) in [6.07, 6.45) is 3.59. The lowest BCUT2D eigenvalue weighted by Gasteiger charge is -2.40. The van der Waals surface area contributed by atoms with E-state index in [0.29, 0.717) is 5.78 Å². The number of Topliss-reactive ketones (excluding diaryl/α,β-unsaturated/α-hetero) is 1. The summed E-state index contributed by atoms with van der Waals surface area (Å²) in [6.45, 7) is 9.53. The molecule has 1 fully saturated rings. The number of nitrogens with zero attached hydrogens (tertiary/aromatic N) is 1. The fourth-order valence-electron chi connectivity index (χ4n) is 1.67. The molecular formula is C10H17NO. The first-order chi connectivity index (χ1) is 5.59. The maximum absolute atomic E-state index is 11.5. The molecule has 0 bridgehead atoms. The molecule has 0 aromatic heterocycles. The predicted molar refractivity (Wildman–Crippen MR) is 50.1 cm³/mol. The first-order valence-corrected chi connectivity index (χ1v) is 4.48. The van der Waals surface area contributed by atoms with Gasteiger partial charge in [0.15, 0.2) is 5.78 Å². The summed E-state index contributed by atoms with van der Waals surface area (Å²) >= 11 is 0. The number of likely N-dealkylation sites (tertiary alicyclic amines) is 1. The maximum atomic E-state index is 11.5. The summed E-state index contributed by atoms with van der Waals surface area (Å²) in [5.41, 5.74) is -0.271. The van der Waals surface area contributed by atoms with Crippen LogP contribution in [0.4, 0.5) is 0 Å². The number of ketones is 1. The summed E-state index contributed by atoms with van der Waals surface area (Å²) in [5, 5.41) is 0. The van der Waals surface area contributed by atoms with Crippen molar-refractivity contribution in [1.29, 1.82) is 0 Å². The molecule has 0 radical (unpaired) electrons. The minimum absolute atomic E-state index is 0.271. The van der Waals surface area contributed by atoms with E-state index in [1.807, 2.05) is 19.9 Å². The summed E-state index contributed by atoms with van der Waals surface area (Å²) in [4.78, 5) is 13.7. The summed E-state index contributed by atoms with van der Waals surface area (Å²) < 4.78 is 0. The molecule has 1 saturated heterocycles. The number of piperidine rings is 1. The Kier molecular flexibility index (Phi) is 2.68. The second kappa shape index (κ2) is 3.40. The monoisotopic (exact) mass is 167 g/mol. The van der Waals surface area contributed by atoms with Crippen molar-refractivity contribution in [3.05, 3.63) is 12.7 Å². The van der Waals surface area contributed by atoms with Crippen molar-refractivity contribution in [1.82, 2.24) is 4.90 Å². The highest BCUT2D eigenvalue weighted by Gasteiger charge is 2.36. The minimum atomic E-state index is -0.271. The molecule has 68 valence electrons. The van der Waals surface area contributed by atoms with Gasteiger partial charge in [-0.2, -0.15) is 0 Å². The zero-order chi connectivity index (χ0) is 9.19. The minimum Gasteiger partial charge on any atom is -0.298 e. The summed E-state index contributed by atoms with van der Waals surface area (Å²) in [7, 11) is 0. The van der Waals surface area contributed by atoms with Crippen LogP contribution in [0.5, 0.6) is 0 Å². The smallest absolute Gasteiger partial charge is 0.152 e. The molecule has 1 aliphatic rings. The molecule has 0 aromatic carbocycles. The molecule has 0 atom stereocenters. The van der Waals surface area contributed by atoms with Crippen molar-refractivity contribution in [3.63, 3.8) is 0 Å². The molecule has 12 heavy (non-hydrogen) atoms. The summed E-state index contributed by atoms with van der Waals surface area (Å²) in [5.74, 6) is 0.357. The van der Waals surface area contributed by atoms with Crippen LogP contribution in [0.2, 0.25) is 0 Å². The lowest BCUT2D eigenvalue weighted by molar-refractivity contribution is -0.132. The first-order valence-electron chi connectivity index (χ1n) is 4.48. The van der Waals surface area contributed by atoms with Gasteiger partial charge in [-0.1, -0.05) is 6.08 Å². The number of carbonyl (C=O) groups excluding carboxylic acids is 1. The highest BCUT2D eigenvalue weighted by Crippen LogP contribution is 2.23. The number of rotatable bonds is 2. The van der Waals surface area contributed by atoms with E-state index >= 15 is 0 Å². The zero-order valence-electron chi connectivity index (χ0n) is 7.97. The van der Waals surface area contributed by atoms with Crippen molar-refractivity contribution >= 4 is 5.78 Å². The van der Waals surface area contributed by atoms with Crippen molar-refractivity contribution in [2.45, 2.75) is 32.2 Å². The van der Waals surface area contributed by atoms with E-state index in [9.17, 15) is 4.79 Å². The Labute approximate surface area is 74.2 Å². The Balaban J connectivity index is 2.71. The second-order valence-corrected chi connectivity index (χ2v) is 3.82. The Hall–Kier alpha value is -0.630. The fourth-order valence-corrected chi connectivity index (χ4v) is 1.67. The van der Waals surface area contributed by atoms with Gasteiger partial charge in [0.25, 0.3) is 0 Å². The molecule has 0 aromatic rings. The van der Waals surface area contributed by atoms with Gasteiger partial charge in [0.05, 0.1) is 5.54 Å². The van der Waals surface area contributed by atoms with Crippen LogP contribution in [0.15, 0.2) is 12.7 Å². The van der Waals surface area contributed by atoms with Crippen LogP contribution >= 0.6 is 0 Å². The van der Waals surface area contributed by atoms with Crippen LogP contribution in [0, 0.1) is 0 Å². The molecule has 0 N–H and O–H groups in total. The van der Waals surface area contributed by atoms with Gasteiger partial charge in [-0.15, -0.1) is 6.58 Å². The van der Waals surface area contributed by atoms with E-state index in [4.69, 9.17) is 0 Å². The first kappa shape index (κ1) is 9.46. The van der Waals surface area contributed by atoms with Crippen LogP contribution in [0.1, 0.15) is 26.7 Å². The second-order valence-electron chi connectivity index (χ2n) is 3.82. The highest BCUT2D eigenvalue weighted by molar-refractivity contribution is 5.88. The Morgan fingerprint density at radius 2 is 2.33 bits per heavy atom. The molecule has 0 aliphatic carbocycles. The van der Waals surface area contributed by atoms with Crippen LogP contribution in [0.25, 0.3) is 0 Å². The van der Waals surface area contributed by atoms with Crippen LogP contribution < -0.4 is 0 Å². The standard InChI is InChI=1S/C10H17NO/c1-4-7-11-8-5-6-9(12)10(11,2)3/h4H,1,5-8H2,2-3H3. The molecule has 0 saturated carbocycles. The van der Waals surface area contributed by atoms with Crippen LogP contribution in [-0.2, 0) is 4.79 Å². The summed E-state index contributed by atoms with van der Waals surface area (Å²) in [6, 6.07) is 0. The Morgan fingerprint density at radius 3 is 2.92 bits per heavy atom. The molecule has 2 nitrogen and oxygen atoms in total. The van der Waals surface area contributed by atoms with E-state index in [1.54, 1.807) is 0 Å². The molecular weight excluding hydrogens is 150 g/mol. The average molecular weight is 167 g/mol. The molecule has 1 rings (SSSR count). The van der Waals surface area contributed by atoms with E-state index in [1.165, 1.54) is 0 Å². The van der Waals surface area contributed by atoms with Gasteiger partial charge in [-0.05, 0) is 26.8 Å². The topological polar surface area (TPSA) is 20.3 Å². The van der Waals surface area contributed by atoms with E-state index < -0.39 is 0 Å². The third-order valence-electron chi connectivity index (χ3n) is 2.65. The SMILES string of the molecule is C=CCN1CCCC(=O)C1(C)C. The zero-order valence-corrected chi connectivity index (χ0v) is 7.97. The van der Waals surface area contributed by atoms with Gasteiger partial charge < -0.3 is 0 Å². The van der Waals surface area contributed by atoms with Crippen molar-refractivity contribution < 1.29 is 4.79 Å². The molecule has 0 amide bonds. The van der Waals surface area contributed by atoms with Gasteiger partial charge in [-0.3, -0.25) is 9.69 Å². The van der Waals surface area contributed by atoms with E-state index in [0.717, 1.165) is 25.9 Å². The lowest BCUT2D eigenvalue weighted by atomic mass is 9.89. The van der Waals surface area contributed by atoms with E-state index in [2.05, 4.69) is 11.5 Å². The normalized spacial score (nSPS) is 24.0. The van der Waals surface area contributed by atoms with Gasteiger partial charge >= 0.3 is 0 Å². The average Bonchev–Trinajstić information content (AvgIpc) is 2.00. The van der Waals surface area contributed by atoms with Gasteiger partial charge in [0.1, 0.15) is 0 Å². The third-order valence-corrected chi connectivity index (χ3v) is 2.65. The van der Waals surface area contributed by atoms with Gasteiger partial charge in [-0.25, -0.2) is 0 Å². The maximum Gasteiger partial charge on any atom is 0.152 e. The molecule has 0 spiro atoms. The molecule has 1 aliphatic heterocycles. The number of hydrogen-bond acceptors (Lipinski definition) is 2. The number of hydrogen-bond donors (Lipinski definition) is 0. The highest BCUT2D eigenvalue weighted by atomic mass is 16.1. The van der Waals surface area contributed by atoms with Crippen molar-refractivity contribution in [2.75, 3.05) is 13.1 Å². The van der Waals surface area contributed by atoms with Gasteiger partial charge in [0, 0.05) is 13.0 Å². The van der Waals surface area contributed by atoms with Crippen LogP contribution in [-0.4, -0.2) is 29.3 Å². The molecule has 1 heterocycles. The third kappa shape index (κ3) is 1.58.